The molecule has 5 heteroatoms. The maximum absolute atomic E-state index is 5.11. The van der Waals surface area contributed by atoms with Gasteiger partial charge in [0.25, 0.3) is 0 Å². The normalized spacial score (nSPS) is 11.6. The maximum atomic E-state index is 5.11. The molecule has 0 aliphatic carbocycles. The summed E-state index contributed by atoms with van der Waals surface area (Å²) in [5, 5.41) is 5.10. The zero-order valence-corrected chi connectivity index (χ0v) is 31.7. The van der Waals surface area contributed by atoms with E-state index in [0.29, 0.717) is 17.5 Å². The minimum atomic E-state index is 0.651. The van der Waals surface area contributed by atoms with Crippen LogP contribution in [-0.4, -0.2) is 15.0 Å². The first kappa shape index (κ1) is 32.6. The van der Waals surface area contributed by atoms with E-state index in [1.165, 1.54) is 62.6 Å². The molecule has 56 heavy (non-hydrogen) atoms. The van der Waals surface area contributed by atoms with E-state index in [9.17, 15) is 0 Å². The molecule has 8 aromatic carbocycles. The van der Waals surface area contributed by atoms with Crippen LogP contribution in [-0.2, 0) is 0 Å². The Labute approximate surface area is 331 Å². The third-order valence-electron chi connectivity index (χ3n) is 10.5. The molecule has 0 saturated heterocycles. The number of benzene rings is 8. The van der Waals surface area contributed by atoms with Gasteiger partial charge in [-0.05, 0) is 64.2 Å². The van der Waals surface area contributed by atoms with Crippen LogP contribution in [0.3, 0.4) is 0 Å². The molecule has 0 spiro atoms. The van der Waals surface area contributed by atoms with Crippen LogP contribution in [0.15, 0.2) is 188 Å². The van der Waals surface area contributed by atoms with Crippen LogP contribution in [0.25, 0.3) is 108 Å². The van der Waals surface area contributed by atoms with Gasteiger partial charge in [0.2, 0.25) is 0 Å². The minimum absolute atomic E-state index is 0.651. The Morgan fingerprint density at radius 2 is 0.768 bits per heavy atom. The van der Waals surface area contributed by atoms with Gasteiger partial charge in [0.05, 0.1) is 0 Å². The lowest BCUT2D eigenvalue weighted by Crippen LogP contribution is -2.00. The summed E-state index contributed by atoms with van der Waals surface area (Å²) in [6.07, 6.45) is 0. The molecule has 0 saturated carbocycles. The molecule has 0 fully saturated rings. The van der Waals surface area contributed by atoms with Crippen molar-refractivity contribution in [3.05, 3.63) is 188 Å². The van der Waals surface area contributed by atoms with Crippen LogP contribution in [0, 0.1) is 0 Å². The van der Waals surface area contributed by atoms with Gasteiger partial charge in [0, 0.05) is 62.6 Å². The molecular formula is C51H31N3S2. The van der Waals surface area contributed by atoms with Crippen LogP contribution < -0.4 is 0 Å². The van der Waals surface area contributed by atoms with E-state index in [0.717, 1.165) is 27.8 Å². The fourth-order valence-corrected chi connectivity index (χ4v) is 10.1. The van der Waals surface area contributed by atoms with Crippen molar-refractivity contribution in [1.29, 1.82) is 0 Å². The van der Waals surface area contributed by atoms with Gasteiger partial charge in [-0.1, -0.05) is 152 Å². The summed E-state index contributed by atoms with van der Waals surface area (Å²) in [7, 11) is 0. The Hall–Kier alpha value is -6.79. The molecule has 262 valence electrons. The van der Waals surface area contributed by atoms with Crippen molar-refractivity contribution in [2.45, 2.75) is 0 Å². The van der Waals surface area contributed by atoms with E-state index in [1.54, 1.807) is 0 Å². The number of hydrogen-bond donors (Lipinski definition) is 0. The van der Waals surface area contributed by atoms with Crippen molar-refractivity contribution in [2.24, 2.45) is 0 Å². The van der Waals surface area contributed by atoms with E-state index in [2.05, 4.69) is 164 Å². The Morgan fingerprint density at radius 3 is 1.48 bits per heavy atom. The average molecular weight is 750 g/mol. The molecule has 3 aromatic heterocycles. The van der Waals surface area contributed by atoms with E-state index in [-0.39, 0.29) is 0 Å². The van der Waals surface area contributed by atoms with Crippen molar-refractivity contribution >= 4 is 63.0 Å². The molecule has 0 N–H and O–H groups in total. The summed E-state index contributed by atoms with van der Waals surface area (Å²) in [5.41, 5.74) is 10.1. The van der Waals surface area contributed by atoms with Crippen molar-refractivity contribution < 1.29 is 0 Å². The SMILES string of the molecule is c1ccc(-c2cccc(-c3nc(-c4ccccc4)nc(-c4ccc5c(c4)sc4cc(-c6cc(-c7ccccc7)c7sc8ccccc8c7c6)ccc45)n3)c2)cc1. The highest BCUT2D eigenvalue weighted by molar-refractivity contribution is 7.26. The van der Waals surface area contributed by atoms with Gasteiger partial charge < -0.3 is 0 Å². The molecule has 3 heterocycles. The highest BCUT2D eigenvalue weighted by Gasteiger charge is 2.17. The van der Waals surface area contributed by atoms with Crippen molar-refractivity contribution in [2.75, 3.05) is 0 Å². The van der Waals surface area contributed by atoms with Crippen molar-refractivity contribution in [3.8, 4) is 67.5 Å². The quantitative estimate of drug-likeness (QED) is 0.170. The number of nitrogens with zero attached hydrogens (tertiary/aromatic N) is 3. The van der Waals surface area contributed by atoms with Crippen molar-refractivity contribution in [1.82, 2.24) is 15.0 Å². The lowest BCUT2D eigenvalue weighted by molar-refractivity contribution is 1.07. The molecule has 3 nitrogen and oxygen atoms in total. The Balaban J connectivity index is 1.03. The first-order chi connectivity index (χ1) is 27.7. The number of thiophene rings is 2. The fraction of sp³-hybridized carbons (Fsp3) is 0. The second-order valence-electron chi connectivity index (χ2n) is 14.0. The first-order valence-electron chi connectivity index (χ1n) is 18.7. The van der Waals surface area contributed by atoms with Crippen LogP contribution in [0.2, 0.25) is 0 Å². The monoisotopic (exact) mass is 749 g/mol. The summed E-state index contributed by atoms with van der Waals surface area (Å²) in [4.78, 5) is 15.2. The molecule has 11 aromatic rings. The van der Waals surface area contributed by atoms with E-state index < -0.39 is 0 Å². The zero-order valence-electron chi connectivity index (χ0n) is 30.1. The van der Waals surface area contributed by atoms with Gasteiger partial charge in [-0.3, -0.25) is 0 Å². The second kappa shape index (κ2) is 13.5. The number of aromatic nitrogens is 3. The lowest BCUT2D eigenvalue weighted by Gasteiger charge is -2.10. The Bertz CT molecular complexity index is 3240. The van der Waals surface area contributed by atoms with Gasteiger partial charge in [0.15, 0.2) is 17.5 Å². The smallest absolute Gasteiger partial charge is 0.164 e. The zero-order chi connectivity index (χ0) is 37.0. The molecule has 0 amide bonds. The predicted octanol–water partition coefficient (Wildman–Crippen LogP) is 14.6. The van der Waals surface area contributed by atoms with Crippen LogP contribution >= 0.6 is 22.7 Å². The summed E-state index contributed by atoms with van der Waals surface area (Å²) >= 11 is 3.70. The van der Waals surface area contributed by atoms with Gasteiger partial charge >= 0.3 is 0 Å². The van der Waals surface area contributed by atoms with Gasteiger partial charge in [-0.25, -0.2) is 15.0 Å². The Kier molecular flexibility index (Phi) is 7.87. The minimum Gasteiger partial charge on any atom is -0.208 e. The standard InChI is InChI=1S/C51H31N3S2/c1-4-13-32(14-5-1)35-19-12-20-37(27-35)50-52-49(34-17-8-3-9-18-34)53-51(54-50)38-24-26-42-41-25-23-36(30-46(41)55-47(42)31-38)39-28-43(33-15-6-2-7-16-33)48-44(29-39)40-21-10-11-22-45(40)56-48/h1-31H. The van der Waals surface area contributed by atoms with Crippen LogP contribution in [0.4, 0.5) is 0 Å². The van der Waals surface area contributed by atoms with Crippen LogP contribution in [0.1, 0.15) is 0 Å². The molecule has 0 unspecified atom stereocenters. The molecular weight excluding hydrogens is 719 g/mol. The van der Waals surface area contributed by atoms with Gasteiger partial charge in [-0.2, -0.15) is 0 Å². The van der Waals surface area contributed by atoms with E-state index in [4.69, 9.17) is 15.0 Å². The molecule has 0 bridgehead atoms. The van der Waals surface area contributed by atoms with Gasteiger partial charge in [-0.15, -0.1) is 22.7 Å². The highest BCUT2D eigenvalue weighted by Crippen LogP contribution is 2.44. The third-order valence-corrected chi connectivity index (χ3v) is 12.9. The molecule has 0 radical (unpaired) electrons. The van der Waals surface area contributed by atoms with E-state index in [1.807, 2.05) is 46.9 Å². The summed E-state index contributed by atoms with van der Waals surface area (Å²) in [6.45, 7) is 0. The molecule has 11 rings (SSSR count). The highest BCUT2D eigenvalue weighted by atomic mass is 32.1. The maximum Gasteiger partial charge on any atom is 0.164 e. The van der Waals surface area contributed by atoms with Crippen LogP contribution in [0.5, 0.6) is 0 Å². The van der Waals surface area contributed by atoms with E-state index >= 15 is 0 Å². The van der Waals surface area contributed by atoms with Gasteiger partial charge in [0.1, 0.15) is 0 Å². The number of fused-ring (bicyclic) bond motifs is 6. The molecule has 0 aliphatic heterocycles. The second-order valence-corrected chi connectivity index (χ2v) is 16.1. The summed E-state index contributed by atoms with van der Waals surface area (Å²) < 4.78 is 5.10. The average Bonchev–Trinajstić information content (AvgIpc) is 3.84. The topological polar surface area (TPSA) is 38.7 Å². The Morgan fingerprint density at radius 1 is 0.268 bits per heavy atom. The number of rotatable bonds is 6. The molecule has 0 aliphatic rings. The fourth-order valence-electron chi connectivity index (χ4n) is 7.74. The molecule has 0 atom stereocenters. The third kappa shape index (κ3) is 5.77. The lowest BCUT2D eigenvalue weighted by atomic mass is 9.95. The largest absolute Gasteiger partial charge is 0.208 e. The predicted molar refractivity (Wildman–Crippen MR) is 238 cm³/mol. The van der Waals surface area contributed by atoms with Crippen molar-refractivity contribution in [3.63, 3.8) is 0 Å². The first-order valence-corrected chi connectivity index (χ1v) is 20.3. The summed E-state index contributed by atoms with van der Waals surface area (Å²) in [6, 6.07) is 66.9. The number of hydrogen-bond acceptors (Lipinski definition) is 5. The summed E-state index contributed by atoms with van der Waals surface area (Å²) in [5.74, 6) is 1.96.